The molecule has 0 radical (unpaired) electrons. The highest BCUT2D eigenvalue weighted by molar-refractivity contribution is 5.95. The lowest BCUT2D eigenvalue weighted by Crippen LogP contribution is -2.53. The Labute approximate surface area is 123 Å². The minimum Gasteiger partial charge on any atom is -0.504 e. The summed E-state index contributed by atoms with van der Waals surface area (Å²) in [6.07, 6.45) is 1.18. The molecule has 0 aromatic heterocycles. The Hall–Kier alpha value is -2.26. The summed E-state index contributed by atoms with van der Waals surface area (Å²) in [6.45, 7) is 1.53. The van der Waals surface area contributed by atoms with Gasteiger partial charge in [0.05, 0.1) is 13.2 Å². The molecule has 1 aromatic rings. The molecule has 1 heterocycles. The number of likely N-dealkylation sites (tertiary alicyclic amines) is 1. The van der Waals surface area contributed by atoms with Crippen LogP contribution in [0.15, 0.2) is 18.2 Å². The van der Waals surface area contributed by atoms with E-state index in [0.29, 0.717) is 24.2 Å². The van der Waals surface area contributed by atoms with Gasteiger partial charge in [-0.25, -0.2) is 0 Å². The average Bonchev–Trinajstić information content (AvgIpc) is 2.49. The fourth-order valence-electron chi connectivity index (χ4n) is 2.39. The Morgan fingerprint density at radius 3 is 2.67 bits per heavy atom. The number of amides is 1. The monoisotopic (exact) mass is 289 g/mol. The zero-order valence-corrected chi connectivity index (χ0v) is 12.2. The van der Waals surface area contributed by atoms with Crippen molar-refractivity contribution in [2.75, 3.05) is 27.2 Å². The predicted octanol–water partition coefficient (Wildman–Crippen LogP) is 1.12. The first-order valence-corrected chi connectivity index (χ1v) is 6.79. The molecule has 2 rings (SSSR count). The standard InChI is InChI=1S/C15H19N3O3/c1-18-7-5-15(10-16,6-8-18)17-14(20)11-3-4-13(21-2)12(19)9-11/h3-4,9,19H,5-8H2,1-2H3,(H,17,20). The van der Waals surface area contributed by atoms with Gasteiger partial charge in [0.25, 0.3) is 5.91 Å². The maximum absolute atomic E-state index is 12.3. The molecule has 0 aliphatic carbocycles. The summed E-state index contributed by atoms with van der Waals surface area (Å²) in [5.41, 5.74) is -0.527. The van der Waals surface area contributed by atoms with E-state index in [-0.39, 0.29) is 11.7 Å². The van der Waals surface area contributed by atoms with Crippen LogP contribution >= 0.6 is 0 Å². The summed E-state index contributed by atoms with van der Waals surface area (Å²) in [5, 5.41) is 21.9. The highest BCUT2D eigenvalue weighted by atomic mass is 16.5. The van der Waals surface area contributed by atoms with Crippen LogP contribution in [0, 0.1) is 11.3 Å². The molecule has 6 nitrogen and oxygen atoms in total. The number of piperidine rings is 1. The zero-order valence-electron chi connectivity index (χ0n) is 12.2. The van der Waals surface area contributed by atoms with Crippen molar-refractivity contribution in [3.8, 4) is 17.6 Å². The summed E-state index contributed by atoms with van der Waals surface area (Å²) in [7, 11) is 3.43. The summed E-state index contributed by atoms with van der Waals surface area (Å²) in [6, 6.07) is 6.66. The Bertz CT molecular complexity index is 572. The topological polar surface area (TPSA) is 85.6 Å². The third kappa shape index (κ3) is 3.26. The molecule has 2 N–H and O–H groups in total. The maximum atomic E-state index is 12.3. The SMILES string of the molecule is COc1ccc(C(=O)NC2(C#N)CCN(C)CC2)cc1O. The van der Waals surface area contributed by atoms with E-state index >= 15 is 0 Å². The molecule has 0 saturated carbocycles. The van der Waals surface area contributed by atoms with Crippen molar-refractivity contribution in [3.63, 3.8) is 0 Å². The van der Waals surface area contributed by atoms with Crippen LogP contribution in [0.4, 0.5) is 0 Å². The van der Waals surface area contributed by atoms with Crippen LogP contribution in [-0.4, -0.2) is 48.7 Å². The lowest BCUT2D eigenvalue weighted by atomic mass is 9.89. The van der Waals surface area contributed by atoms with Gasteiger partial charge in [0.2, 0.25) is 0 Å². The number of carbonyl (C=O) groups excluding carboxylic acids is 1. The van der Waals surface area contributed by atoms with Crippen LogP contribution in [0.5, 0.6) is 11.5 Å². The van der Waals surface area contributed by atoms with E-state index < -0.39 is 5.54 Å². The molecular formula is C15H19N3O3. The summed E-state index contributed by atoms with van der Waals surface area (Å²) >= 11 is 0. The number of methoxy groups -OCH3 is 1. The number of hydrogen-bond acceptors (Lipinski definition) is 5. The fourth-order valence-corrected chi connectivity index (χ4v) is 2.39. The number of rotatable bonds is 3. The largest absolute Gasteiger partial charge is 0.504 e. The molecule has 0 bridgehead atoms. The third-order valence-corrected chi connectivity index (χ3v) is 3.85. The van der Waals surface area contributed by atoms with Crippen molar-refractivity contribution in [2.45, 2.75) is 18.4 Å². The highest BCUT2D eigenvalue weighted by Gasteiger charge is 2.35. The number of nitriles is 1. The molecule has 112 valence electrons. The molecule has 1 aliphatic rings. The van der Waals surface area contributed by atoms with Gasteiger partial charge in [-0.1, -0.05) is 0 Å². The van der Waals surface area contributed by atoms with Crippen molar-refractivity contribution in [1.29, 1.82) is 5.26 Å². The van der Waals surface area contributed by atoms with Crippen molar-refractivity contribution in [1.82, 2.24) is 10.2 Å². The lowest BCUT2D eigenvalue weighted by Gasteiger charge is -2.36. The first kappa shape index (κ1) is 15.1. The van der Waals surface area contributed by atoms with Gasteiger partial charge in [-0.15, -0.1) is 0 Å². The van der Waals surface area contributed by atoms with Gasteiger partial charge in [0.1, 0.15) is 5.54 Å². The second kappa shape index (κ2) is 6.02. The predicted molar refractivity (Wildman–Crippen MR) is 77.2 cm³/mol. The Morgan fingerprint density at radius 1 is 1.48 bits per heavy atom. The van der Waals surface area contributed by atoms with Gasteiger partial charge < -0.3 is 20.1 Å². The normalized spacial score (nSPS) is 17.8. The van der Waals surface area contributed by atoms with Gasteiger partial charge in [-0.2, -0.15) is 5.26 Å². The van der Waals surface area contributed by atoms with Gasteiger partial charge in [-0.05, 0) is 38.1 Å². The molecule has 1 fully saturated rings. The molecule has 21 heavy (non-hydrogen) atoms. The van der Waals surface area contributed by atoms with Crippen LogP contribution in [0.25, 0.3) is 0 Å². The Kier molecular flexibility index (Phi) is 4.34. The van der Waals surface area contributed by atoms with Crippen molar-refractivity contribution >= 4 is 5.91 Å². The molecular weight excluding hydrogens is 270 g/mol. The first-order chi connectivity index (χ1) is 9.99. The smallest absolute Gasteiger partial charge is 0.252 e. The molecule has 1 aliphatic heterocycles. The minimum absolute atomic E-state index is 0.0977. The van der Waals surface area contributed by atoms with Crippen LogP contribution in [0.1, 0.15) is 23.2 Å². The maximum Gasteiger partial charge on any atom is 0.252 e. The number of nitrogens with one attached hydrogen (secondary N) is 1. The number of benzene rings is 1. The van der Waals surface area contributed by atoms with E-state index in [1.54, 1.807) is 6.07 Å². The molecule has 1 aromatic carbocycles. The Morgan fingerprint density at radius 2 is 2.14 bits per heavy atom. The van der Waals surface area contributed by atoms with E-state index in [0.717, 1.165) is 13.1 Å². The second-order valence-corrected chi connectivity index (χ2v) is 5.34. The molecule has 6 heteroatoms. The van der Waals surface area contributed by atoms with Crippen molar-refractivity contribution in [3.05, 3.63) is 23.8 Å². The average molecular weight is 289 g/mol. The summed E-state index contributed by atoms with van der Waals surface area (Å²) in [4.78, 5) is 14.4. The summed E-state index contributed by atoms with van der Waals surface area (Å²) < 4.78 is 4.94. The van der Waals surface area contributed by atoms with Gasteiger partial charge in [0, 0.05) is 18.7 Å². The van der Waals surface area contributed by atoms with Gasteiger partial charge in [0.15, 0.2) is 11.5 Å². The number of ether oxygens (including phenoxy) is 1. The number of phenols is 1. The zero-order chi connectivity index (χ0) is 15.5. The van der Waals surface area contributed by atoms with Crippen molar-refractivity contribution in [2.24, 2.45) is 0 Å². The number of hydrogen-bond donors (Lipinski definition) is 2. The third-order valence-electron chi connectivity index (χ3n) is 3.85. The van der Waals surface area contributed by atoms with Crippen LogP contribution in [0.3, 0.4) is 0 Å². The fraction of sp³-hybridized carbons (Fsp3) is 0.467. The lowest BCUT2D eigenvalue weighted by molar-refractivity contribution is 0.0881. The van der Waals surface area contributed by atoms with E-state index in [1.165, 1.54) is 19.2 Å². The molecule has 0 spiro atoms. The Balaban J connectivity index is 2.13. The van der Waals surface area contributed by atoms with E-state index in [1.807, 2.05) is 7.05 Å². The van der Waals surface area contributed by atoms with Crippen LogP contribution < -0.4 is 10.1 Å². The molecule has 1 amide bonds. The van der Waals surface area contributed by atoms with Gasteiger partial charge >= 0.3 is 0 Å². The summed E-state index contributed by atoms with van der Waals surface area (Å²) in [5.74, 6) is -0.153. The number of carbonyl (C=O) groups is 1. The molecule has 1 saturated heterocycles. The van der Waals surface area contributed by atoms with Crippen LogP contribution in [0.2, 0.25) is 0 Å². The quantitative estimate of drug-likeness (QED) is 0.871. The first-order valence-electron chi connectivity index (χ1n) is 6.79. The van der Waals surface area contributed by atoms with E-state index in [4.69, 9.17) is 4.74 Å². The van der Waals surface area contributed by atoms with Crippen molar-refractivity contribution < 1.29 is 14.6 Å². The van der Waals surface area contributed by atoms with E-state index in [2.05, 4.69) is 16.3 Å². The number of aromatic hydroxyl groups is 1. The second-order valence-electron chi connectivity index (χ2n) is 5.34. The van der Waals surface area contributed by atoms with Gasteiger partial charge in [-0.3, -0.25) is 4.79 Å². The molecule has 0 atom stereocenters. The van der Waals surface area contributed by atoms with Crippen LogP contribution in [-0.2, 0) is 0 Å². The van der Waals surface area contributed by atoms with E-state index in [9.17, 15) is 15.2 Å². The molecule has 0 unspecified atom stereocenters. The number of phenolic OH excluding ortho intramolecular Hbond substituents is 1. The minimum atomic E-state index is -0.834. The number of nitrogens with zero attached hydrogens (tertiary/aromatic N) is 2. The highest BCUT2D eigenvalue weighted by Crippen LogP contribution is 2.27.